The Morgan fingerprint density at radius 2 is 1.26 bits per heavy atom. The van der Waals surface area contributed by atoms with E-state index in [2.05, 4.69) is 26.0 Å². The van der Waals surface area contributed by atoms with Crippen molar-refractivity contribution in [2.24, 2.45) is 0 Å². The van der Waals surface area contributed by atoms with Crippen molar-refractivity contribution in [3.05, 3.63) is 22.5 Å². The third-order valence-corrected chi connectivity index (χ3v) is 8.85. The molecule has 0 radical (unpaired) electrons. The van der Waals surface area contributed by atoms with Gasteiger partial charge in [-0.15, -0.1) is 0 Å². The highest BCUT2D eigenvalue weighted by atomic mass is 28.4. The van der Waals surface area contributed by atoms with E-state index in [1.807, 2.05) is 0 Å². The van der Waals surface area contributed by atoms with E-state index < -0.39 is 8.56 Å². The Morgan fingerprint density at radius 1 is 0.783 bits per heavy atom. The van der Waals surface area contributed by atoms with Gasteiger partial charge in [0.1, 0.15) is 0 Å². The van der Waals surface area contributed by atoms with Gasteiger partial charge in [-0.05, 0) is 74.6 Å². The van der Waals surface area contributed by atoms with Gasteiger partial charge in [-0.25, -0.2) is 0 Å². The molecule has 132 valence electrons. The summed E-state index contributed by atoms with van der Waals surface area (Å²) in [6.45, 7) is 6.21. The third kappa shape index (κ3) is 5.30. The van der Waals surface area contributed by atoms with Gasteiger partial charge >= 0.3 is 8.56 Å². The van der Waals surface area contributed by atoms with Gasteiger partial charge in [-0.3, -0.25) is 0 Å². The number of rotatable bonds is 10. The lowest BCUT2D eigenvalue weighted by Crippen LogP contribution is -2.49. The van der Waals surface area contributed by atoms with Crippen molar-refractivity contribution in [1.82, 2.24) is 0 Å². The Labute approximate surface area is 144 Å². The molecule has 0 saturated heterocycles. The summed E-state index contributed by atoms with van der Waals surface area (Å²) >= 11 is 0. The molecule has 0 aromatic carbocycles. The smallest absolute Gasteiger partial charge is 0.388 e. The van der Waals surface area contributed by atoms with Crippen LogP contribution < -0.4 is 0 Å². The topological polar surface area (TPSA) is 18.5 Å². The average molecular weight is 337 g/mol. The maximum atomic E-state index is 6.68. The van der Waals surface area contributed by atoms with Gasteiger partial charge in [0.05, 0.1) is 0 Å². The first kappa shape index (κ1) is 18.9. The van der Waals surface area contributed by atoms with Crippen LogP contribution in [0.25, 0.3) is 0 Å². The van der Waals surface area contributed by atoms with Crippen molar-refractivity contribution in [1.29, 1.82) is 0 Å². The molecule has 2 rings (SSSR count). The van der Waals surface area contributed by atoms with Gasteiger partial charge in [0, 0.05) is 13.2 Å². The second-order valence-electron chi connectivity index (χ2n) is 6.97. The van der Waals surface area contributed by atoms with Crippen molar-refractivity contribution in [3.8, 4) is 0 Å². The highest BCUT2D eigenvalue weighted by molar-refractivity contribution is 6.81. The molecule has 23 heavy (non-hydrogen) atoms. The van der Waals surface area contributed by atoms with Gasteiger partial charge in [0.2, 0.25) is 0 Å². The van der Waals surface area contributed by atoms with E-state index in [0.717, 1.165) is 26.1 Å². The largest absolute Gasteiger partial charge is 0.398 e. The molecule has 0 saturated carbocycles. The molecule has 0 spiro atoms. The van der Waals surface area contributed by atoms with E-state index in [0.29, 0.717) is 0 Å². The van der Waals surface area contributed by atoms with Gasteiger partial charge < -0.3 is 8.85 Å². The summed E-state index contributed by atoms with van der Waals surface area (Å²) in [4.78, 5) is 0. The molecule has 2 nitrogen and oxygen atoms in total. The lowest BCUT2D eigenvalue weighted by Gasteiger charge is -2.37. The fourth-order valence-corrected chi connectivity index (χ4v) is 7.55. The van der Waals surface area contributed by atoms with Crippen LogP contribution in [-0.2, 0) is 8.85 Å². The van der Waals surface area contributed by atoms with Crippen LogP contribution in [0.1, 0.15) is 90.9 Å². The molecule has 0 unspecified atom stereocenters. The second kappa shape index (κ2) is 10.5. The molecule has 0 N–H and O–H groups in total. The molecule has 2 aliphatic rings. The minimum Gasteiger partial charge on any atom is -0.388 e. The Balaban J connectivity index is 2.25. The summed E-state index contributed by atoms with van der Waals surface area (Å²) in [5.41, 5.74) is 0. The maximum absolute atomic E-state index is 6.68. The van der Waals surface area contributed by atoms with Crippen LogP contribution in [0, 0.1) is 0 Å². The zero-order valence-corrected chi connectivity index (χ0v) is 16.4. The molecule has 3 heteroatoms. The van der Waals surface area contributed by atoms with Gasteiger partial charge in [-0.1, -0.05) is 38.8 Å². The van der Waals surface area contributed by atoms with E-state index in [-0.39, 0.29) is 0 Å². The second-order valence-corrected chi connectivity index (χ2v) is 10.1. The van der Waals surface area contributed by atoms with E-state index in [1.54, 1.807) is 10.4 Å². The molecule has 0 atom stereocenters. The van der Waals surface area contributed by atoms with E-state index in [4.69, 9.17) is 8.85 Å². The lowest BCUT2D eigenvalue weighted by atomic mass is 10.1. The normalized spacial score (nSPS) is 19.4. The minimum absolute atomic E-state index is 0.865. The first-order valence-electron chi connectivity index (χ1n) is 10.0. The first-order chi connectivity index (χ1) is 11.3. The summed E-state index contributed by atoms with van der Waals surface area (Å²) in [7, 11) is -2.35. The molecule has 0 heterocycles. The quantitative estimate of drug-likeness (QED) is 0.352. The average Bonchev–Trinajstić information content (AvgIpc) is 2.62. The Morgan fingerprint density at radius 3 is 1.61 bits per heavy atom. The van der Waals surface area contributed by atoms with E-state index in [1.165, 1.54) is 64.2 Å². The number of unbranched alkanes of at least 4 members (excludes halogenated alkanes) is 2. The monoisotopic (exact) mass is 336 g/mol. The summed E-state index contributed by atoms with van der Waals surface area (Å²) in [6, 6.07) is 0. The molecule has 0 aromatic heterocycles. The van der Waals surface area contributed by atoms with Crippen molar-refractivity contribution in [2.45, 2.75) is 90.9 Å². The fourth-order valence-electron chi connectivity index (χ4n) is 3.61. The fraction of sp³-hybridized carbons (Fsp3) is 0.800. The van der Waals surface area contributed by atoms with Crippen LogP contribution in [0.2, 0.25) is 0 Å². The molecular weight excluding hydrogens is 300 g/mol. The summed E-state index contributed by atoms with van der Waals surface area (Å²) < 4.78 is 13.4. The van der Waals surface area contributed by atoms with Crippen LogP contribution in [0.5, 0.6) is 0 Å². The van der Waals surface area contributed by atoms with Crippen LogP contribution >= 0.6 is 0 Å². The number of hydrogen-bond donors (Lipinski definition) is 0. The molecule has 0 aliphatic heterocycles. The van der Waals surface area contributed by atoms with Gasteiger partial charge in [-0.2, -0.15) is 0 Å². The standard InChI is InChI=1S/C20H36O2Si/c1-3-5-17-21-23(22-18-6-4-2,19-13-9-7-10-14-19)20-15-11-8-12-16-20/h13,15H,3-12,14,16-18H2,1-2H3. The predicted molar refractivity (Wildman–Crippen MR) is 101 cm³/mol. The lowest BCUT2D eigenvalue weighted by molar-refractivity contribution is 0.175. The van der Waals surface area contributed by atoms with Crippen molar-refractivity contribution in [2.75, 3.05) is 13.2 Å². The summed E-state index contributed by atoms with van der Waals surface area (Å²) in [5, 5.41) is 3.09. The van der Waals surface area contributed by atoms with E-state index in [9.17, 15) is 0 Å². The highest BCUT2D eigenvalue weighted by Crippen LogP contribution is 2.37. The summed E-state index contributed by atoms with van der Waals surface area (Å²) in [6.07, 6.45) is 19.7. The molecular formula is C20H36O2Si. The Hall–Kier alpha value is -0.383. The zero-order chi connectivity index (χ0) is 16.4. The molecule has 0 bridgehead atoms. The van der Waals surface area contributed by atoms with Crippen LogP contribution in [0.4, 0.5) is 0 Å². The third-order valence-electron chi connectivity index (χ3n) is 5.03. The SMILES string of the molecule is CCCCO[Si](OCCCC)(C1=CCCCC1)C1=CCCCC1. The number of allylic oxidation sites excluding steroid dienone is 4. The zero-order valence-electron chi connectivity index (χ0n) is 15.4. The molecule has 0 aromatic rings. The van der Waals surface area contributed by atoms with E-state index >= 15 is 0 Å². The van der Waals surface area contributed by atoms with Crippen molar-refractivity contribution >= 4 is 8.56 Å². The first-order valence-corrected chi connectivity index (χ1v) is 11.8. The van der Waals surface area contributed by atoms with Gasteiger partial charge in [0.25, 0.3) is 0 Å². The van der Waals surface area contributed by atoms with Crippen LogP contribution in [-0.4, -0.2) is 21.8 Å². The highest BCUT2D eigenvalue weighted by Gasteiger charge is 2.46. The Bertz CT molecular complexity index is 362. The molecule has 0 fully saturated rings. The number of hydrogen-bond acceptors (Lipinski definition) is 2. The van der Waals surface area contributed by atoms with Crippen molar-refractivity contribution in [3.63, 3.8) is 0 Å². The van der Waals surface area contributed by atoms with Crippen molar-refractivity contribution < 1.29 is 8.85 Å². The summed E-state index contributed by atoms with van der Waals surface area (Å²) in [5.74, 6) is 0. The van der Waals surface area contributed by atoms with Gasteiger partial charge in [0.15, 0.2) is 0 Å². The minimum atomic E-state index is -2.35. The van der Waals surface area contributed by atoms with Crippen LogP contribution in [0.3, 0.4) is 0 Å². The predicted octanol–water partition coefficient (Wildman–Crippen LogP) is 6.14. The Kier molecular flexibility index (Phi) is 8.63. The van der Waals surface area contributed by atoms with Crippen LogP contribution in [0.15, 0.2) is 22.5 Å². The molecule has 0 amide bonds. The maximum Gasteiger partial charge on any atom is 0.398 e. The molecule has 2 aliphatic carbocycles.